The topological polar surface area (TPSA) is 83.0 Å². The summed E-state index contributed by atoms with van der Waals surface area (Å²) in [6, 6.07) is 9.67. The molecule has 0 bridgehead atoms. The Morgan fingerprint density at radius 1 is 1.19 bits per heavy atom. The van der Waals surface area contributed by atoms with Crippen molar-refractivity contribution >= 4 is 33.3 Å². The summed E-state index contributed by atoms with van der Waals surface area (Å²) in [6.07, 6.45) is 4.32. The Balaban J connectivity index is 1.46. The zero-order chi connectivity index (χ0) is 21.2. The molecule has 1 aromatic carbocycles. The number of thioether (sulfide) groups is 1. The number of rotatable bonds is 7. The molecule has 5 rings (SSSR count). The van der Waals surface area contributed by atoms with E-state index in [0.29, 0.717) is 35.8 Å². The molecule has 1 aliphatic carbocycles. The SMILES string of the molecule is COCCn1c(SCc2nnc(-c3ccccc3)o2)nc2sc3c(c2c1=O)CCCC3. The van der Waals surface area contributed by atoms with Crippen LogP contribution in [0.4, 0.5) is 0 Å². The van der Waals surface area contributed by atoms with Gasteiger partial charge in [0, 0.05) is 17.6 Å². The van der Waals surface area contributed by atoms with Crippen molar-refractivity contribution in [3.63, 3.8) is 0 Å². The molecule has 9 heteroatoms. The van der Waals surface area contributed by atoms with Crippen molar-refractivity contribution in [2.24, 2.45) is 0 Å². The van der Waals surface area contributed by atoms with Crippen LogP contribution in [0, 0.1) is 0 Å². The number of methoxy groups -OCH3 is 1. The third-order valence-electron chi connectivity index (χ3n) is 5.37. The van der Waals surface area contributed by atoms with Crippen molar-refractivity contribution in [2.75, 3.05) is 13.7 Å². The third kappa shape index (κ3) is 4.05. The zero-order valence-corrected chi connectivity index (χ0v) is 18.8. The van der Waals surface area contributed by atoms with Crippen molar-refractivity contribution in [3.05, 3.63) is 57.0 Å². The van der Waals surface area contributed by atoms with Crippen molar-refractivity contribution in [1.29, 1.82) is 0 Å². The number of aryl methyl sites for hydroxylation is 2. The lowest BCUT2D eigenvalue weighted by Crippen LogP contribution is -2.25. The van der Waals surface area contributed by atoms with Crippen LogP contribution in [0.25, 0.3) is 21.7 Å². The van der Waals surface area contributed by atoms with Crippen LogP contribution in [-0.4, -0.2) is 33.5 Å². The number of aromatic nitrogens is 4. The second-order valence-corrected chi connectivity index (χ2v) is 9.42. The molecule has 1 aliphatic rings. The highest BCUT2D eigenvalue weighted by Gasteiger charge is 2.22. The van der Waals surface area contributed by atoms with Gasteiger partial charge in [0.15, 0.2) is 5.16 Å². The normalized spacial score (nSPS) is 13.6. The van der Waals surface area contributed by atoms with Gasteiger partial charge in [0.05, 0.1) is 24.3 Å². The van der Waals surface area contributed by atoms with E-state index in [-0.39, 0.29) is 5.56 Å². The molecule has 7 nitrogen and oxygen atoms in total. The second kappa shape index (κ2) is 8.94. The number of hydrogen-bond donors (Lipinski definition) is 0. The minimum atomic E-state index is 0.0273. The van der Waals surface area contributed by atoms with Crippen LogP contribution >= 0.6 is 23.1 Å². The molecule has 0 N–H and O–H groups in total. The molecule has 3 aromatic heterocycles. The highest BCUT2D eigenvalue weighted by molar-refractivity contribution is 7.98. The number of benzene rings is 1. The Hall–Kier alpha value is -2.49. The number of fused-ring (bicyclic) bond motifs is 3. The van der Waals surface area contributed by atoms with Gasteiger partial charge in [-0.3, -0.25) is 9.36 Å². The molecule has 0 saturated carbocycles. The fraction of sp³-hybridized carbons (Fsp3) is 0.364. The maximum absolute atomic E-state index is 13.4. The van der Waals surface area contributed by atoms with Crippen LogP contribution in [0.2, 0.25) is 0 Å². The Morgan fingerprint density at radius 3 is 2.87 bits per heavy atom. The van der Waals surface area contributed by atoms with Gasteiger partial charge >= 0.3 is 0 Å². The summed E-state index contributed by atoms with van der Waals surface area (Å²) < 4.78 is 12.8. The highest BCUT2D eigenvalue weighted by Crippen LogP contribution is 2.35. The van der Waals surface area contributed by atoms with Crippen LogP contribution in [0.1, 0.15) is 29.2 Å². The van der Waals surface area contributed by atoms with Gasteiger partial charge in [-0.2, -0.15) is 0 Å². The lowest BCUT2D eigenvalue weighted by Gasteiger charge is -2.12. The van der Waals surface area contributed by atoms with E-state index in [2.05, 4.69) is 10.2 Å². The second-order valence-electron chi connectivity index (χ2n) is 7.39. The summed E-state index contributed by atoms with van der Waals surface area (Å²) in [5.74, 6) is 1.43. The molecule has 0 unspecified atom stereocenters. The largest absolute Gasteiger partial charge is 0.420 e. The van der Waals surface area contributed by atoms with Crippen molar-refractivity contribution in [3.8, 4) is 11.5 Å². The van der Waals surface area contributed by atoms with E-state index in [1.807, 2.05) is 30.3 Å². The van der Waals surface area contributed by atoms with Gasteiger partial charge in [-0.25, -0.2) is 4.98 Å². The van der Waals surface area contributed by atoms with E-state index in [0.717, 1.165) is 35.0 Å². The Labute approximate surface area is 187 Å². The Kier molecular flexibility index (Phi) is 5.89. The number of hydrogen-bond acceptors (Lipinski definition) is 8. The molecule has 0 radical (unpaired) electrons. The number of nitrogens with zero attached hydrogens (tertiary/aromatic N) is 4. The summed E-state index contributed by atoms with van der Waals surface area (Å²) in [7, 11) is 1.64. The first-order valence-electron chi connectivity index (χ1n) is 10.3. The van der Waals surface area contributed by atoms with Gasteiger partial charge in [0.1, 0.15) is 4.83 Å². The Morgan fingerprint density at radius 2 is 2.03 bits per heavy atom. The molecule has 0 fully saturated rings. The molecule has 4 aromatic rings. The average Bonchev–Trinajstić information content (AvgIpc) is 3.42. The number of ether oxygens (including phenoxy) is 1. The van der Waals surface area contributed by atoms with Crippen LogP contribution < -0.4 is 5.56 Å². The molecule has 0 saturated heterocycles. The monoisotopic (exact) mass is 454 g/mol. The Bertz CT molecular complexity index is 1260. The molecular weight excluding hydrogens is 432 g/mol. The third-order valence-corrected chi connectivity index (χ3v) is 7.52. The van der Waals surface area contributed by atoms with Crippen molar-refractivity contribution < 1.29 is 9.15 Å². The smallest absolute Gasteiger partial charge is 0.263 e. The fourth-order valence-electron chi connectivity index (χ4n) is 3.85. The molecule has 0 aliphatic heterocycles. The molecule has 0 atom stereocenters. The van der Waals surface area contributed by atoms with Gasteiger partial charge in [0.2, 0.25) is 11.8 Å². The molecule has 0 spiro atoms. The van der Waals surface area contributed by atoms with Crippen molar-refractivity contribution in [2.45, 2.75) is 43.1 Å². The van der Waals surface area contributed by atoms with Crippen molar-refractivity contribution in [1.82, 2.24) is 19.7 Å². The summed E-state index contributed by atoms with van der Waals surface area (Å²) in [5.41, 5.74) is 2.11. The first kappa shape index (κ1) is 20.4. The summed E-state index contributed by atoms with van der Waals surface area (Å²) in [6.45, 7) is 0.913. The summed E-state index contributed by atoms with van der Waals surface area (Å²) >= 11 is 3.10. The van der Waals surface area contributed by atoms with Gasteiger partial charge in [-0.15, -0.1) is 21.5 Å². The maximum Gasteiger partial charge on any atom is 0.263 e. The molecule has 3 heterocycles. The summed E-state index contributed by atoms with van der Waals surface area (Å²) in [5, 5.41) is 9.76. The van der Waals surface area contributed by atoms with Crippen LogP contribution in [-0.2, 0) is 29.9 Å². The molecule has 0 amide bonds. The zero-order valence-electron chi connectivity index (χ0n) is 17.2. The first-order valence-corrected chi connectivity index (χ1v) is 12.1. The minimum Gasteiger partial charge on any atom is -0.420 e. The predicted octanol–water partition coefficient (Wildman–Crippen LogP) is 4.33. The quantitative estimate of drug-likeness (QED) is 0.304. The van der Waals surface area contributed by atoms with E-state index in [1.165, 1.54) is 28.6 Å². The van der Waals surface area contributed by atoms with Gasteiger partial charge < -0.3 is 9.15 Å². The van der Waals surface area contributed by atoms with E-state index >= 15 is 0 Å². The van der Waals surface area contributed by atoms with Gasteiger partial charge in [-0.1, -0.05) is 30.0 Å². The van der Waals surface area contributed by atoms with Gasteiger partial charge in [-0.05, 0) is 43.4 Å². The molecule has 31 heavy (non-hydrogen) atoms. The van der Waals surface area contributed by atoms with E-state index in [4.69, 9.17) is 14.1 Å². The van der Waals surface area contributed by atoms with E-state index in [9.17, 15) is 4.79 Å². The fourth-order valence-corrected chi connectivity index (χ4v) is 6.01. The minimum absolute atomic E-state index is 0.0273. The average molecular weight is 455 g/mol. The maximum atomic E-state index is 13.4. The predicted molar refractivity (Wildman–Crippen MR) is 122 cm³/mol. The lowest BCUT2D eigenvalue weighted by atomic mass is 9.97. The van der Waals surface area contributed by atoms with Crippen LogP contribution in [0.5, 0.6) is 0 Å². The molecule has 160 valence electrons. The van der Waals surface area contributed by atoms with Gasteiger partial charge in [0.25, 0.3) is 5.56 Å². The van der Waals surface area contributed by atoms with Crippen LogP contribution in [0.15, 0.2) is 44.7 Å². The molecular formula is C22H22N4O3S2. The standard InChI is InChI=1S/C22H22N4O3S2/c1-28-12-11-26-21(27)18-15-9-5-6-10-16(15)31-20(18)23-22(26)30-13-17-24-25-19(29-17)14-7-3-2-4-8-14/h2-4,7-8H,5-6,9-13H2,1H3. The van der Waals surface area contributed by atoms with Crippen LogP contribution in [0.3, 0.4) is 0 Å². The number of thiophene rings is 1. The lowest BCUT2D eigenvalue weighted by molar-refractivity contribution is 0.183. The first-order chi connectivity index (χ1) is 15.2. The van der Waals surface area contributed by atoms with E-state index < -0.39 is 0 Å². The van der Waals surface area contributed by atoms with E-state index in [1.54, 1.807) is 23.0 Å². The highest BCUT2D eigenvalue weighted by atomic mass is 32.2. The summed E-state index contributed by atoms with van der Waals surface area (Å²) in [4.78, 5) is 20.4.